The van der Waals surface area contributed by atoms with Gasteiger partial charge in [-0.25, -0.2) is 4.98 Å². The summed E-state index contributed by atoms with van der Waals surface area (Å²) in [7, 11) is 0. The molecule has 1 aliphatic heterocycles. The van der Waals surface area contributed by atoms with Gasteiger partial charge in [0.15, 0.2) is 0 Å². The molecule has 0 aliphatic carbocycles. The van der Waals surface area contributed by atoms with Crippen molar-refractivity contribution in [3.63, 3.8) is 0 Å². The van der Waals surface area contributed by atoms with Gasteiger partial charge in [0.05, 0.1) is 16.6 Å². The summed E-state index contributed by atoms with van der Waals surface area (Å²) in [6.45, 7) is 1.16. The number of aromatic nitrogens is 3. The lowest BCUT2D eigenvalue weighted by molar-refractivity contribution is -0.143. The molecule has 4 rings (SSSR count). The van der Waals surface area contributed by atoms with Crippen molar-refractivity contribution in [2.24, 2.45) is 5.92 Å². The maximum absolute atomic E-state index is 13.3. The highest BCUT2D eigenvalue weighted by molar-refractivity contribution is 5.91. The number of piperidine rings is 1. The Morgan fingerprint density at radius 2 is 1.66 bits per heavy atom. The van der Waals surface area contributed by atoms with Gasteiger partial charge in [0, 0.05) is 31.6 Å². The second-order valence-electron chi connectivity index (χ2n) is 8.30. The smallest absolute Gasteiger partial charge is 0.396 e. The van der Waals surface area contributed by atoms with Crippen molar-refractivity contribution in [3.05, 3.63) is 51.9 Å². The molecule has 0 amide bonds. The van der Waals surface area contributed by atoms with Crippen molar-refractivity contribution in [1.29, 1.82) is 0 Å². The minimum Gasteiger partial charge on any atom is -0.396 e. The van der Waals surface area contributed by atoms with Gasteiger partial charge in [0.25, 0.3) is 5.56 Å². The molecule has 0 spiro atoms. The zero-order valence-corrected chi connectivity index (χ0v) is 18.2. The van der Waals surface area contributed by atoms with Crippen molar-refractivity contribution in [2.75, 3.05) is 29.9 Å². The van der Waals surface area contributed by atoms with Gasteiger partial charge < -0.3 is 20.3 Å². The first kappa shape index (κ1) is 24.8. The monoisotopic (exact) mass is 501 g/mol. The maximum Gasteiger partial charge on any atom is 0.416 e. The molecule has 7 nitrogen and oxygen atoms in total. The van der Waals surface area contributed by atoms with E-state index in [0.29, 0.717) is 37.6 Å². The molecule has 1 fully saturated rings. The van der Waals surface area contributed by atoms with Crippen molar-refractivity contribution in [2.45, 2.75) is 31.6 Å². The van der Waals surface area contributed by atoms with Crippen LogP contribution in [0.2, 0.25) is 0 Å². The Bertz CT molecular complexity index is 1230. The Hall–Kier alpha value is -3.35. The van der Waals surface area contributed by atoms with E-state index in [-0.39, 0.29) is 35.3 Å². The molecule has 0 unspecified atom stereocenters. The lowest BCUT2D eigenvalue weighted by atomic mass is 9.94. The fourth-order valence-corrected chi connectivity index (χ4v) is 4.08. The summed E-state index contributed by atoms with van der Waals surface area (Å²) in [5.41, 5.74) is -3.98. The Labute approximate surface area is 194 Å². The highest BCUT2D eigenvalue weighted by atomic mass is 19.4. The summed E-state index contributed by atoms with van der Waals surface area (Å²) in [5.74, 6) is 0.302. The van der Waals surface area contributed by atoms with Crippen LogP contribution in [0.3, 0.4) is 0 Å². The second-order valence-corrected chi connectivity index (χ2v) is 8.30. The standard InChI is InChI=1S/C22H21F6N5O2/c23-21(24,25)13-9-14(22(26,27)28)11-15(10-13)30-18-17-16(1-5-29-19(17)35)31-20(32-18)33-6-2-12(3-7-33)4-8-34/h1,5,9-12,34H,2-4,6-8H2,(H,29,35)(H,30,31,32). The number of rotatable bonds is 5. The number of benzene rings is 1. The fourth-order valence-electron chi connectivity index (χ4n) is 4.08. The lowest BCUT2D eigenvalue weighted by Gasteiger charge is -2.32. The number of pyridine rings is 1. The predicted octanol–water partition coefficient (Wildman–Crippen LogP) is 4.70. The van der Waals surface area contributed by atoms with E-state index in [1.807, 2.05) is 4.90 Å². The van der Waals surface area contributed by atoms with Crippen LogP contribution in [0.1, 0.15) is 30.4 Å². The van der Waals surface area contributed by atoms with Gasteiger partial charge >= 0.3 is 12.4 Å². The van der Waals surface area contributed by atoms with Crippen molar-refractivity contribution in [3.8, 4) is 0 Å². The number of H-pyrrole nitrogens is 1. The first-order valence-electron chi connectivity index (χ1n) is 10.8. The average molecular weight is 501 g/mol. The Morgan fingerprint density at radius 1 is 1.03 bits per heavy atom. The van der Waals surface area contributed by atoms with Crippen LogP contribution in [-0.2, 0) is 12.4 Å². The lowest BCUT2D eigenvalue weighted by Crippen LogP contribution is -2.35. The highest BCUT2D eigenvalue weighted by Gasteiger charge is 2.37. The molecule has 0 radical (unpaired) electrons. The summed E-state index contributed by atoms with van der Waals surface area (Å²) in [4.78, 5) is 25.4. The van der Waals surface area contributed by atoms with E-state index in [9.17, 15) is 31.1 Å². The van der Waals surface area contributed by atoms with Gasteiger partial charge in [0.1, 0.15) is 11.2 Å². The molecule has 0 saturated carbocycles. The number of hydrogen-bond donors (Lipinski definition) is 3. The molecule has 3 N–H and O–H groups in total. The van der Waals surface area contributed by atoms with Gasteiger partial charge in [-0.15, -0.1) is 0 Å². The molecule has 1 saturated heterocycles. The predicted molar refractivity (Wildman–Crippen MR) is 117 cm³/mol. The molecule has 188 valence electrons. The normalized spacial score (nSPS) is 15.6. The molecular formula is C22H21F6N5O2. The average Bonchev–Trinajstić information content (AvgIpc) is 2.78. The van der Waals surface area contributed by atoms with Gasteiger partial charge in [-0.1, -0.05) is 0 Å². The minimum atomic E-state index is -5.02. The number of aliphatic hydroxyl groups is 1. The van der Waals surface area contributed by atoms with Crippen LogP contribution in [-0.4, -0.2) is 39.8 Å². The van der Waals surface area contributed by atoms with Crippen LogP contribution in [0.4, 0.5) is 43.8 Å². The number of aliphatic hydroxyl groups excluding tert-OH is 1. The van der Waals surface area contributed by atoms with E-state index < -0.39 is 34.7 Å². The molecule has 1 aliphatic rings. The minimum absolute atomic E-state index is 0.0258. The van der Waals surface area contributed by atoms with Crippen LogP contribution in [0.15, 0.2) is 35.3 Å². The number of nitrogens with zero attached hydrogens (tertiary/aromatic N) is 3. The van der Waals surface area contributed by atoms with Gasteiger partial charge in [0.2, 0.25) is 5.95 Å². The number of aromatic amines is 1. The topological polar surface area (TPSA) is 94.1 Å². The van der Waals surface area contributed by atoms with E-state index in [4.69, 9.17) is 5.11 Å². The Kier molecular flexibility index (Phi) is 6.62. The first-order chi connectivity index (χ1) is 16.5. The highest BCUT2D eigenvalue weighted by Crippen LogP contribution is 2.38. The van der Waals surface area contributed by atoms with E-state index in [1.54, 1.807) is 0 Å². The van der Waals surface area contributed by atoms with Gasteiger partial charge in [-0.2, -0.15) is 31.3 Å². The molecule has 1 aromatic carbocycles. The molecule has 3 heterocycles. The van der Waals surface area contributed by atoms with Crippen molar-refractivity contribution >= 4 is 28.4 Å². The maximum atomic E-state index is 13.3. The number of fused-ring (bicyclic) bond motifs is 1. The summed E-state index contributed by atoms with van der Waals surface area (Å²) in [5, 5.41) is 11.5. The van der Waals surface area contributed by atoms with Crippen LogP contribution in [0.5, 0.6) is 0 Å². The quantitative estimate of drug-likeness (QED) is 0.439. The summed E-state index contributed by atoms with van der Waals surface area (Å²) in [6.07, 6.45) is -6.54. The third-order valence-corrected chi connectivity index (χ3v) is 5.89. The summed E-state index contributed by atoms with van der Waals surface area (Å²) < 4.78 is 79.7. The van der Waals surface area contributed by atoms with Crippen LogP contribution in [0.25, 0.3) is 10.9 Å². The van der Waals surface area contributed by atoms with E-state index in [1.165, 1.54) is 12.3 Å². The first-order valence-corrected chi connectivity index (χ1v) is 10.8. The fraction of sp³-hybridized carbons (Fsp3) is 0.409. The molecule has 3 aromatic rings. The third kappa shape index (κ3) is 5.50. The van der Waals surface area contributed by atoms with Crippen LogP contribution < -0.4 is 15.8 Å². The SMILES string of the molecule is O=c1[nH]ccc2nc(N3CCC(CCO)CC3)nc(Nc3cc(C(F)(F)F)cc(C(F)(F)F)c3)c12. The molecular weight excluding hydrogens is 480 g/mol. The van der Waals surface area contributed by atoms with Gasteiger partial charge in [-0.3, -0.25) is 4.79 Å². The third-order valence-electron chi connectivity index (χ3n) is 5.89. The van der Waals surface area contributed by atoms with Crippen LogP contribution in [0, 0.1) is 5.92 Å². The Balaban J connectivity index is 1.77. The summed E-state index contributed by atoms with van der Waals surface area (Å²) in [6, 6.07) is 2.55. The van der Waals surface area contributed by atoms with E-state index >= 15 is 0 Å². The number of nitrogens with one attached hydrogen (secondary N) is 2. The zero-order chi connectivity index (χ0) is 25.4. The van der Waals surface area contributed by atoms with Crippen molar-refractivity contribution in [1.82, 2.24) is 15.0 Å². The van der Waals surface area contributed by atoms with Crippen molar-refractivity contribution < 1.29 is 31.4 Å². The second kappa shape index (κ2) is 9.36. The van der Waals surface area contributed by atoms with Gasteiger partial charge in [-0.05, 0) is 49.4 Å². The molecule has 0 bridgehead atoms. The molecule has 2 aromatic heterocycles. The molecule has 0 atom stereocenters. The summed E-state index contributed by atoms with van der Waals surface area (Å²) >= 11 is 0. The number of anilines is 3. The zero-order valence-electron chi connectivity index (χ0n) is 18.2. The number of hydrogen-bond acceptors (Lipinski definition) is 6. The number of halogens is 6. The Morgan fingerprint density at radius 3 is 2.23 bits per heavy atom. The largest absolute Gasteiger partial charge is 0.416 e. The van der Waals surface area contributed by atoms with Crippen LogP contribution >= 0.6 is 0 Å². The van der Waals surface area contributed by atoms with E-state index in [0.717, 1.165) is 12.8 Å². The molecule has 13 heteroatoms. The molecule has 35 heavy (non-hydrogen) atoms. The number of alkyl halides is 6. The van der Waals surface area contributed by atoms with E-state index in [2.05, 4.69) is 20.3 Å².